The second-order valence-corrected chi connectivity index (χ2v) is 9.23. The molecule has 0 bridgehead atoms. The van der Waals surface area contributed by atoms with Crippen molar-refractivity contribution >= 4 is 50.5 Å². The molecule has 3 rings (SSSR count). The fourth-order valence-electron chi connectivity index (χ4n) is 3.06. The molecule has 1 saturated heterocycles. The molecule has 7 nitrogen and oxygen atoms in total. The van der Waals surface area contributed by atoms with Gasteiger partial charge in [0.05, 0.1) is 41.4 Å². The molecule has 2 aromatic rings. The van der Waals surface area contributed by atoms with Crippen molar-refractivity contribution in [1.82, 2.24) is 0 Å². The molecule has 1 heterocycles. The van der Waals surface area contributed by atoms with Crippen LogP contribution < -0.4 is 19.1 Å². The van der Waals surface area contributed by atoms with E-state index >= 15 is 0 Å². The Labute approximate surface area is 179 Å². The van der Waals surface area contributed by atoms with Gasteiger partial charge in [0, 0.05) is 24.2 Å². The summed E-state index contributed by atoms with van der Waals surface area (Å²) in [6.07, 6.45) is 1.34. The highest BCUT2D eigenvalue weighted by molar-refractivity contribution is 7.92. The van der Waals surface area contributed by atoms with E-state index in [0.717, 1.165) is 6.42 Å². The van der Waals surface area contributed by atoms with E-state index in [0.29, 0.717) is 40.9 Å². The molecule has 0 radical (unpaired) electrons. The van der Waals surface area contributed by atoms with E-state index in [1.54, 1.807) is 6.07 Å². The topological polar surface area (TPSA) is 84.9 Å². The Hall–Kier alpha value is -2.16. The largest absolute Gasteiger partial charge is 0.495 e. The predicted molar refractivity (Wildman–Crippen MR) is 114 cm³/mol. The minimum atomic E-state index is -3.46. The summed E-state index contributed by atoms with van der Waals surface area (Å²) in [5, 5.41) is 3.34. The molecule has 1 aliphatic heterocycles. The van der Waals surface area contributed by atoms with Crippen LogP contribution in [0.4, 0.5) is 11.4 Å². The number of rotatable bonds is 5. The molecule has 0 unspecified atom stereocenters. The molecule has 0 spiro atoms. The number of nitrogens with zero attached hydrogens (tertiary/aromatic N) is 1. The summed E-state index contributed by atoms with van der Waals surface area (Å²) in [5.74, 6) is 0.331. The molecule has 0 aliphatic carbocycles. The van der Waals surface area contributed by atoms with Crippen LogP contribution in [0.25, 0.3) is 0 Å². The number of carbonyl (C=O) groups excluding carboxylic acids is 1. The van der Waals surface area contributed by atoms with Gasteiger partial charge in [-0.15, -0.1) is 0 Å². The Kier molecular flexibility index (Phi) is 6.45. The SMILES string of the molecule is COc1cc(NC(=O)c2ccc(Cl)c(N3CCCCS3(=O)=O)c2)c(OC)cc1Cl. The zero-order valence-electron chi connectivity index (χ0n) is 15.9. The summed E-state index contributed by atoms with van der Waals surface area (Å²) < 4.78 is 36.5. The third-order valence-electron chi connectivity index (χ3n) is 4.55. The molecule has 2 aromatic carbocycles. The third kappa shape index (κ3) is 4.55. The highest BCUT2D eigenvalue weighted by Crippen LogP contribution is 2.37. The second-order valence-electron chi connectivity index (χ2n) is 6.40. The number of ether oxygens (including phenoxy) is 2. The molecule has 156 valence electrons. The molecule has 0 aromatic heterocycles. The predicted octanol–water partition coefficient (Wildman–Crippen LogP) is 4.19. The Morgan fingerprint density at radius 3 is 2.41 bits per heavy atom. The van der Waals surface area contributed by atoms with Crippen molar-refractivity contribution in [2.45, 2.75) is 12.8 Å². The van der Waals surface area contributed by atoms with Crippen molar-refractivity contribution in [3.8, 4) is 11.5 Å². The number of amides is 1. The molecule has 29 heavy (non-hydrogen) atoms. The fraction of sp³-hybridized carbons (Fsp3) is 0.316. The minimum absolute atomic E-state index is 0.0571. The lowest BCUT2D eigenvalue weighted by molar-refractivity contribution is 0.102. The average molecular weight is 459 g/mol. The normalized spacial score (nSPS) is 15.7. The van der Waals surface area contributed by atoms with E-state index in [2.05, 4.69) is 5.32 Å². The van der Waals surface area contributed by atoms with Gasteiger partial charge in [-0.05, 0) is 31.0 Å². The smallest absolute Gasteiger partial charge is 0.255 e. The maximum absolute atomic E-state index is 12.8. The van der Waals surface area contributed by atoms with Crippen LogP contribution in [0.5, 0.6) is 11.5 Å². The maximum Gasteiger partial charge on any atom is 0.255 e. The number of hydrogen-bond acceptors (Lipinski definition) is 5. The first kappa shape index (κ1) is 21.5. The van der Waals surface area contributed by atoms with Crippen LogP contribution in [0.3, 0.4) is 0 Å². The van der Waals surface area contributed by atoms with Crippen LogP contribution in [0.15, 0.2) is 30.3 Å². The summed E-state index contributed by atoms with van der Waals surface area (Å²) in [4.78, 5) is 12.8. The van der Waals surface area contributed by atoms with Crippen LogP contribution in [-0.4, -0.2) is 40.8 Å². The second kappa shape index (κ2) is 8.69. The van der Waals surface area contributed by atoms with Crippen molar-refractivity contribution in [3.05, 3.63) is 45.9 Å². The fourth-order valence-corrected chi connectivity index (χ4v) is 5.20. The quantitative estimate of drug-likeness (QED) is 0.725. The number of methoxy groups -OCH3 is 2. The summed E-state index contributed by atoms with van der Waals surface area (Å²) in [7, 11) is -0.543. The average Bonchev–Trinajstić information content (AvgIpc) is 2.69. The van der Waals surface area contributed by atoms with E-state index < -0.39 is 15.9 Å². The van der Waals surface area contributed by atoms with Gasteiger partial charge in [0.1, 0.15) is 11.5 Å². The first-order valence-electron chi connectivity index (χ1n) is 8.79. The van der Waals surface area contributed by atoms with Crippen LogP contribution in [-0.2, 0) is 10.0 Å². The summed E-state index contributed by atoms with van der Waals surface area (Å²) >= 11 is 12.3. The monoisotopic (exact) mass is 458 g/mol. The lowest BCUT2D eigenvalue weighted by Gasteiger charge is -2.29. The third-order valence-corrected chi connectivity index (χ3v) is 7.02. The molecule has 1 fully saturated rings. The Morgan fingerprint density at radius 1 is 1.03 bits per heavy atom. The van der Waals surface area contributed by atoms with Gasteiger partial charge in [0.15, 0.2) is 0 Å². The van der Waals surface area contributed by atoms with Gasteiger partial charge in [0.2, 0.25) is 10.0 Å². The van der Waals surface area contributed by atoms with E-state index in [9.17, 15) is 13.2 Å². The summed E-state index contributed by atoms with van der Waals surface area (Å²) in [6, 6.07) is 7.59. The van der Waals surface area contributed by atoms with Gasteiger partial charge >= 0.3 is 0 Å². The van der Waals surface area contributed by atoms with Crippen LogP contribution in [0.2, 0.25) is 10.0 Å². The zero-order valence-corrected chi connectivity index (χ0v) is 18.2. The number of carbonyl (C=O) groups is 1. The molecular weight excluding hydrogens is 439 g/mol. The van der Waals surface area contributed by atoms with Gasteiger partial charge in [-0.1, -0.05) is 23.2 Å². The lowest BCUT2D eigenvalue weighted by atomic mass is 10.1. The van der Waals surface area contributed by atoms with Crippen LogP contribution in [0.1, 0.15) is 23.2 Å². The van der Waals surface area contributed by atoms with Crippen LogP contribution >= 0.6 is 23.2 Å². The van der Waals surface area contributed by atoms with Gasteiger partial charge in [-0.25, -0.2) is 8.42 Å². The number of benzene rings is 2. The first-order chi connectivity index (χ1) is 13.8. The minimum Gasteiger partial charge on any atom is -0.495 e. The maximum atomic E-state index is 12.8. The van der Waals surface area contributed by atoms with Crippen LogP contribution in [0, 0.1) is 0 Å². The number of hydrogen-bond donors (Lipinski definition) is 1. The van der Waals surface area contributed by atoms with Crippen molar-refractivity contribution < 1.29 is 22.7 Å². The first-order valence-corrected chi connectivity index (χ1v) is 11.2. The lowest BCUT2D eigenvalue weighted by Crippen LogP contribution is -2.38. The van der Waals surface area contributed by atoms with Crippen molar-refractivity contribution in [2.75, 3.05) is 36.1 Å². The molecular formula is C19H20Cl2N2O5S. The van der Waals surface area contributed by atoms with Gasteiger partial charge < -0.3 is 14.8 Å². The molecule has 0 atom stereocenters. The number of sulfonamides is 1. The van der Waals surface area contributed by atoms with E-state index in [1.165, 1.54) is 42.8 Å². The molecule has 10 heteroatoms. The highest BCUT2D eigenvalue weighted by atomic mass is 35.5. The zero-order chi connectivity index (χ0) is 21.2. The Morgan fingerprint density at radius 2 is 1.76 bits per heavy atom. The van der Waals surface area contributed by atoms with E-state index in [-0.39, 0.29) is 16.3 Å². The van der Waals surface area contributed by atoms with Gasteiger partial charge in [-0.3, -0.25) is 9.10 Å². The van der Waals surface area contributed by atoms with E-state index in [1.807, 2.05) is 0 Å². The summed E-state index contributed by atoms with van der Waals surface area (Å²) in [6.45, 7) is 0.329. The molecule has 0 saturated carbocycles. The standard InChI is InChI=1S/C19H20Cl2N2O5S/c1-27-17-11-15(18(28-2)10-14(17)21)22-19(24)12-5-6-13(20)16(9-12)23-7-3-4-8-29(23,25)26/h5-6,9-11H,3-4,7-8H2,1-2H3,(H,22,24). The Balaban J connectivity index is 1.93. The van der Waals surface area contributed by atoms with Crippen molar-refractivity contribution in [1.29, 1.82) is 0 Å². The Bertz CT molecular complexity index is 1040. The number of nitrogens with one attached hydrogen (secondary N) is 1. The highest BCUT2D eigenvalue weighted by Gasteiger charge is 2.28. The number of halogens is 2. The van der Waals surface area contributed by atoms with Gasteiger partial charge in [0.25, 0.3) is 5.91 Å². The number of anilines is 2. The molecule has 1 amide bonds. The van der Waals surface area contributed by atoms with Gasteiger partial charge in [-0.2, -0.15) is 0 Å². The molecule has 1 aliphatic rings. The van der Waals surface area contributed by atoms with Crippen molar-refractivity contribution in [3.63, 3.8) is 0 Å². The van der Waals surface area contributed by atoms with Crippen molar-refractivity contribution in [2.24, 2.45) is 0 Å². The summed E-state index contributed by atoms with van der Waals surface area (Å²) in [5.41, 5.74) is 0.904. The van der Waals surface area contributed by atoms with E-state index in [4.69, 9.17) is 32.7 Å². The molecule has 1 N–H and O–H groups in total.